The van der Waals surface area contributed by atoms with E-state index in [9.17, 15) is 4.79 Å². The largest absolute Gasteiger partial charge is 0.302 e. The van der Waals surface area contributed by atoms with Crippen LogP contribution in [0.15, 0.2) is 18.2 Å². The summed E-state index contributed by atoms with van der Waals surface area (Å²) < 4.78 is 1.18. The molecule has 0 atom stereocenters. The first-order valence-electron chi connectivity index (χ1n) is 12.0. The molecule has 2 fully saturated rings. The topological polar surface area (TPSA) is 45.2 Å². The van der Waals surface area contributed by atoms with Crippen LogP contribution in [0.4, 0.5) is 5.13 Å². The van der Waals surface area contributed by atoms with Gasteiger partial charge in [0, 0.05) is 12.5 Å². The molecule has 1 N–H and O–H groups in total. The quantitative estimate of drug-likeness (QED) is 0.551. The Morgan fingerprint density at radius 2 is 1.93 bits per heavy atom. The van der Waals surface area contributed by atoms with Gasteiger partial charge < -0.3 is 5.32 Å². The minimum Gasteiger partial charge on any atom is -0.302 e. The number of rotatable bonds is 7. The fourth-order valence-corrected chi connectivity index (χ4v) is 5.95. The van der Waals surface area contributed by atoms with Crippen LogP contribution in [0.3, 0.4) is 0 Å². The standard InChI is InChI=1S/C25H37N3OS/c1-3-4-5-19-6-9-21(10-7-19)24(29)27-25-26-22-11-8-20(16-23(22)30-25)17-28-14-12-18(2)13-15-28/h8,11,16,18-19,21H,3-7,9-10,12-15,17H2,1-2H3,(H,26,27,29). The van der Waals surface area contributed by atoms with Gasteiger partial charge in [0.1, 0.15) is 0 Å². The Balaban J connectivity index is 1.32. The summed E-state index contributed by atoms with van der Waals surface area (Å²) in [6, 6.07) is 6.57. The molecule has 1 aliphatic carbocycles. The Bertz CT molecular complexity index is 832. The Morgan fingerprint density at radius 3 is 2.67 bits per heavy atom. The van der Waals surface area contributed by atoms with Crippen LogP contribution in [0.1, 0.15) is 77.2 Å². The highest BCUT2D eigenvalue weighted by Gasteiger charge is 2.26. The Morgan fingerprint density at radius 1 is 1.17 bits per heavy atom. The third-order valence-corrected chi connectivity index (χ3v) is 8.08. The molecular weight excluding hydrogens is 390 g/mol. The van der Waals surface area contributed by atoms with E-state index in [0.717, 1.165) is 41.9 Å². The smallest absolute Gasteiger partial charge is 0.229 e. The van der Waals surface area contributed by atoms with E-state index in [-0.39, 0.29) is 11.8 Å². The number of thiazole rings is 1. The summed E-state index contributed by atoms with van der Waals surface area (Å²) in [7, 11) is 0. The lowest BCUT2D eigenvalue weighted by Gasteiger charge is -2.30. The molecule has 0 spiro atoms. The van der Waals surface area contributed by atoms with Crippen LogP contribution < -0.4 is 5.32 Å². The molecule has 2 heterocycles. The predicted octanol–water partition coefficient (Wildman–Crippen LogP) is 6.46. The van der Waals surface area contributed by atoms with Gasteiger partial charge >= 0.3 is 0 Å². The van der Waals surface area contributed by atoms with E-state index >= 15 is 0 Å². The first-order valence-corrected chi connectivity index (χ1v) is 12.8. The van der Waals surface area contributed by atoms with Crippen molar-refractivity contribution in [2.45, 2.75) is 78.2 Å². The lowest BCUT2D eigenvalue weighted by molar-refractivity contribution is -0.121. The molecule has 1 amide bonds. The zero-order chi connectivity index (χ0) is 20.9. The minimum absolute atomic E-state index is 0.159. The summed E-state index contributed by atoms with van der Waals surface area (Å²) in [4.78, 5) is 20.0. The average molecular weight is 428 g/mol. The highest BCUT2D eigenvalue weighted by molar-refractivity contribution is 7.22. The summed E-state index contributed by atoms with van der Waals surface area (Å²) in [5.41, 5.74) is 2.35. The Labute approximate surface area is 185 Å². The van der Waals surface area contributed by atoms with Crippen molar-refractivity contribution in [1.29, 1.82) is 0 Å². The average Bonchev–Trinajstić information content (AvgIpc) is 3.15. The maximum atomic E-state index is 12.8. The fourth-order valence-electron chi connectivity index (χ4n) is 5.01. The minimum atomic E-state index is 0.159. The number of anilines is 1. The molecule has 1 aromatic heterocycles. The van der Waals surface area contributed by atoms with Crippen LogP contribution in [-0.4, -0.2) is 28.9 Å². The van der Waals surface area contributed by atoms with E-state index in [1.165, 1.54) is 68.3 Å². The number of nitrogens with one attached hydrogen (secondary N) is 1. The molecule has 2 aromatic rings. The number of piperidine rings is 1. The van der Waals surface area contributed by atoms with Crippen molar-refractivity contribution < 1.29 is 4.79 Å². The zero-order valence-electron chi connectivity index (χ0n) is 18.7. The monoisotopic (exact) mass is 427 g/mol. The van der Waals surface area contributed by atoms with E-state index in [4.69, 9.17) is 0 Å². The lowest BCUT2D eigenvalue weighted by atomic mass is 9.79. The van der Waals surface area contributed by atoms with Gasteiger partial charge in [0.25, 0.3) is 0 Å². The number of unbranched alkanes of at least 4 members (excludes halogenated alkanes) is 1. The number of hydrogen-bond donors (Lipinski definition) is 1. The van der Waals surface area contributed by atoms with Crippen molar-refractivity contribution in [1.82, 2.24) is 9.88 Å². The molecule has 4 rings (SSSR count). The highest BCUT2D eigenvalue weighted by Crippen LogP contribution is 2.34. The van der Waals surface area contributed by atoms with E-state index in [2.05, 4.69) is 47.2 Å². The maximum absolute atomic E-state index is 12.8. The van der Waals surface area contributed by atoms with Gasteiger partial charge in [-0.25, -0.2) is 4.98 Å². The SMILES string of the molecule is CCCCC1CCC(C(=O)Nc2nc3ccc(CN4CCC(C)CC4)cc3s2)CC1. The van der Waals surface area contributed by atoms with E-state index in [0.29, 0.717) is 0 Å². The fraction of sp³-hybridized carbons (Fsp3) is 0.680. The Hall–Kier alpha value is -1.46. The van der Waals surface area contributed by atoms with Crippen molar-refractivity contribution in [2.75, 3.05) is 18.4 Å². The van der Waals surface area contributed by atoms with Crippen molar-refractivity contribution in [3.05, 3.63) is 23.8 Å². The molecule has 2 aliphatic rings. The summed E-state index contributed by atoms with van der Waals surface area (Å²) in [6.45, 7) is 8.03. The second kappa shape index (κ2) is 10.2. The highest BCUT2D eigenvalue weighted by atomic mass is 32.1. The van der Waals surface area contributed by atoms with Crippen LogP contribution in [0, 0.1) is 17.8 Å². The second-order valence-corrected chi connectivity index (χ2v) is 10.7. The predicted molar refractivity (Wildman–Crippen MR) is 127 cm³/mol. The molecule has 1 saturated heterocycles. The first kappa shape index (κ1) is 21.8. The van der Waals surface area contributed by atoms with Crippen molar-refractivity contribution in [2.24, 2.45) is 17.8 Å². The molecule has 30 heavy (non-hydrogen) atoms. The van der Waals surface area contributed by atoms with Crippen molar-refractivity contribution >= 4 is 32.6 Å². The third-order valence-electron chi connectivity index (χ3n) is 7.15. The van der Waals surface area contributed by atoms with Gasteiger partial charge in [0.15, 0.2) is 5.13 Å². The van der Waals surface area contributed by atoms with Gasteiger partial charge in [-0.15, -0.1) is 0 Å². The molecule has 1 aliphatic heterocycles. The second-order valence-electron chi connectivity index (χ2n) is 9.63. The van der Waals surface area contributed by atoms with Crippen LogP contribution in [0.5, 0.6) is 0 Å². The van der Waals surface area contributed by atoms with Crippen LogP contribution in [0.2, 0.25) is 0 Å². The zero-order valence-corrected chi connectivity index (χ0v) is 19.5. The molecule has 0 radical (unpaired) electrons. The number of benzene rings is 1. The van der Waals surface area contributed by atoms with E-state index < -0.39 is 0 Å². The van der Waals surface area contributed by atoms with Gasteiger partial charge in [-0.3, -0.25) is 9.69 Å². The van der Waals surface area contributed by atoms with Crippen molar-refractivity contribution in [3.63, 3.8) is 0 Å². The number of hydrogen-bond acceptors (Lipinski definition) is 4. The molecule has 1 aromatic carbocycles. The molecule has 5 heteroatoms. The van der Waals surface area contributed by atoms with E-state index in [1.807, 2.05) is 0 Å². The number of amides is 1. The number of nitrogens with zero attached hydrogens (tertiary/aromatic N) is 2. The number of likely N-dealkylation sites (tertiary alicyclic amines) is 1. The molecule has 4 nitrogen and oxygen atoms in total. The van der Waals surface area contributed by atoms with Gasteiger partial charge in [0.05, 0.1) is 10.2 Å². The number of carbonyl (C=O) groups is 1. The summed E-state index contributed by atoms with van der Waals surface area (Å²) in [5.74, 6) is 2.03. The molecule has 164 valence electrons. The number of carbonyl (C=O) groups excluding carboxylic acids is 1. The molecule has 0 unspecified atom stereocenters. The molecule has 1 saturated carbocycles. The lowest BCUT2D eigenvalue weighted by Crippen LogP contribution is -2.32. The van der Waals surface area contributed by atoms with Gasteiger partial charge in [0.2, 0.25) is 5.91 Å². The van der Waals surface area contributed by atoms with Crippen molar-refractivity contribution in [3.8, 4) is 0 Å². The molecular formula is C25H37N3OS. The first-order chi connectivity index (χ1) is 14.6. The van der Waals surface area contributed by atoms with Gasteiger partial charge in [-0.1, -0.05) is 50.5 Å². The normalized spacial score (nSPS) is 23.7. The van der Waals surface area contributed by atoms with E-state index in [1.54, 1.807) is 11.3 Å². The maximum Gasteiger partial charge on any atom is 0.229 e. The third kappa shape index (κ3) is 5.61. The number of fused-ring (bicyclic) bond motifs is 1. The van der Waals surface area contributed by atoms with Gasteiger partial charge in [-0.2, -0.15) is 0 Å². The molecule has 0 bridgehead atoms. The Kier molecular flexibility index (Phi) is 7.42. The summed E-state index contributed by atoms with van der Waals surface area (Å²) in [6.07, 6.45) is 11.0. The van der Waals surface area contributed by atoms with Crippen LogP contribution >= 0.6 is 11.3 Å². The van der Waals surface area contributed by atoms with Gasteiger partial charge in [-0.05, 0) is 81.1 Å². The summed E-state index contributed by atoms with van der Waals surface area (Å²) >= 11 is 1.62. The van der Waals surface area contributed by atoms with Crippen LogP contribution in [0.25, 0.3) is 10.2 Å². The van der Waals surface area contributed by atoms with Crippen LogP contribution in [-0.2, 0) is 11.3 Å². The number of aromatic nitrogens is 1. The summed E-state index contributed by atoms with van der Waals surface area (Å²) in [5, 5.41) is 3.88.